The van der Waals surface area contributed by atoms with Gasteiger partial charge in [0.15, 0.2) is 5.82 Å². The summed E-state index contributed by atoms with van der Waals surface area (Å²) < 4.78 is 5.12. The number of hydrogen-bond acceptors (Lipinski definition) is 4. The second-order valence-electron chi connectivity index (χ2n) is 3.99. The van der Waals surface area contributed by atoms with Crippen LogP contribution in [0.5, 0.6) is 5.75 Å². The third-order valence-corrected chi connectivity index (χ3v) is 2.90. The molecule has 0 amide bonds. The quantitative estimate of drug-likeness (QED) is 0.817. The Kier molecular flexibility index (Phi) is 3.44. The summed E-state index contributed by atoms with van der Waals surface area (Å²) in [7, 11) is 1.51. The van der Waals surface area contributed by atoms with Crippen LogP contribution in [0.25, 0.3) is 0 Å². The molecule has 16 heavy (non-hydrogen) atoms. The number of nitrogens with zero attached hydrogens (tertiary/aromatic N) is 2. The maximum atomic E-state index is 11.6. The molecule has 0 unspecified atom stereocenters. The lowest BCUT2D eigenvalue weighted by Gasteiger charge is -2.22. The summed E-state index contributed by atoms with van der Waals surface area (Å²) in [6.45, 7) is 1.90. The second kappa shape index (κ2) is 5.01. The summed E-state index contributed by atoms with van der Waals surface area (Å²) in [5, 5.41) is 0. The van der Waals surface area contributed by atoms with Gasteiger partial charge in [-0.05, 0) is 12.8 Å². The van der Waals surface area contributed by atoms with Crippen molar-refractivity contribution in [3.63, 3.8) is 0 Å². The Morgan fingerprint density at radius 1 is 1.31 bits per heavy atom. The van der Waals surface area contributed by atoms with Crippen molar-refractivity contribution >= 4 is 5.82 Å². The van der Waals surface area contributed by atoms with E-state index in [0.717, 1.165) is 25.9 Å². The van der Waals surface area contributed by atoms with Crippen LogP contribution < -0.4 is 15.2 Å². The summed E-state index contributed by atoms with van der Waals surface area (Å²) in [4.78, 5) is 20.4. The van der Waals surface area contributed by atoms with Crippen molar-refractivity contribution in [2.45, 2.75) is 25.7 Å². The van der Waals surface area contributed by atoms with Crippen LogP contribution in [-0.4, -0.2) is 30.2 Å². The highest BCUT2D eigenvalue weighted by atomic mass is 16.5. The van der Waals surface area contributed by atoms with Gasteiger partial charge in [-0.15, -0.1) is 0 Å². The molecule has 2 heterocycles. The first-order valence-electron chi connectivity index (χ1n) is 5.69. The summed E-state index contributed by atoms with van der Waals surface area (Å²) in [5.41, 5.74) is -0.211. The molecule has 1 fully saturated rings. The van der Waals surface area contributed by atoms with Gasteiger partial charge in [-0.3, -0.25) is 4.79 Å². The fourth-order valence-corrected chi connectivity index (χ4v) is 2.07. The van der Waals surface area contributed by atoms with E-state index in [2.05, 4.69) is 14.9 Å². The summed E-state index contributed by atoms with van der Waals surface area (Å²) in [5.74, 6) is 0.998. The number of aromatic nitrogens is 2. The van der Waals surface area contributed by atoms with E-state index in [-0.39, 0.29) is 5.56 Å². The highest BCUT2D eigenvalue weighted by molar-refractivity contribution is 5.50. The maximum absolute atomic E-state index is 11.6. The van der Waals surface area contributed by atoms with Gasteiger partial charge in [0.25, 0.3) is 5.56 Å². The number of ether oxygens (including phenoxy) is 1. The van der Waals surface area contributed by atoms with Crippen LogP contribution in [0.4, 0.5) is 5.82 Å². The minimum absolute atomic E-state index is 0.211. The van der Waals surface area contributed by atoms with Crippen LogP contribution in [0, 0.1) is 0 Å². The second-order valence-corrected chi connectivity index (χ2v) is 3.99. The minimum atomic E-state index is -0.211. The Morgan fingerprint density at radius 3 is 2.62 bits per heavy atom. The van der Waals surface area contributed by atoms with Gasteiger partial charge in [0.2, 0.25) is 5.75 Å². The largest absolute Gasteiger partial charge is 0.489 e. The Morgan fingerprint density at radius 2 is 2.00 bits per heavy atom. The number of H-pyrrole nitrogens is 1. The highest BCUT2D eigenvalue weighted by Crippen LogP contribution is 2.23. The SMILES string of the molecule is COc1c(N2CCCCCC2)nc[nH]c1=O. The van der Waals surface area contributed by atoms with Gasteiger partial charge in [-0.2, -0.15) is 0 Å². The Hall–Kier alpha value is -1.52. The van der Waals surface area contributed by atoms with Crippen LogP contribution >= 0.6 is 0 Å². The molecule has 1 aromatic heterocycles. The predicted molar refractivity (Wildman–Crippen MR) is 62.1 cm³/mol. The number of anilines is 1. The van der Waals surface area contributed by atoms with E-state index in [1.54, 1.807) is 0 Å². The molecule has 0 bridgehead atoms. The molecule has 0 spiro atoms. The zero-order valence-corrected chi connectivity index (χ0v) is 9.53. The average molecular weight is 223 g/mol. The van der Waals surface area contributed by atoms with E-state index < -0.39 is 0 Å². The Labute approximate surface area is 94.5 Å². The lowest BCUT2D eigenvalue weighted by atomic mass is 10.2. The van der Waals surface area contributed by atoms with Gasteiger partial charge in [-0.1, -0.05) is 12.8 Å². The molecule has 2 rings (SSSR count). The first-order chi connectivity index (χ1) is 7.83. The molecular weight excluding hydrogens is 206 g/mol. The third kappa shape index (κ3) is 2.18. The molecule has 0 radical (unpaired) electrons. The fraction of sp³-hybridized carbons (Fsp3) is 0.636. The molecule has 1 saturated heterocycles. The molecule has 0 atom stereocenters. The van der Waals surface area contributed by atoms with E-state index in [0.29, 0.717) is 11.6 Å². The van der Waals surface area contributed by atoms with Gasteiger partial charge in [-0.25, -0.2) is 4.98 Å². The first-order valence-corrected chi connectivity index (χ1v) is 5.69. The van der Waals surface area contributed by atoms with E-state index in [4.69, 9.17) is 4.74 Å². The van der Waals surface area contributed by atoms with E-state index in [1.165, 1.54) is 26.3 Å². The van der Waals surface area contributed by atoms with E-state index >= 15 is 0 Å². The molecule has 88 valence electrons. The summed E-state index contributed by atoms with van der Waals surface area (Å²) in [6, 6.07) is 0. The summed E-state index contributed by atoms with van der Waals surface area (Å²) in [6.07, 6.45) is 6.24. The molecule has 5 nitrogen and oxygen atoms in total. The first kappa shape index (κ1) is 11.0. The van der Waals surface area contributed by atoms with E-state index in [1.807, 2.05) is 0 Å². The number of rotatable bonds is 2. The molecule has 1 aromatic rings. The molecule has 5 heteroatoms. The Balaban J connectivity index is 2.30. The van der Waals surface area contributed by atoms with Crippen molar-refractivity contribution in [2.75, 3.05) is 25.1 Å². The van der Waals surface area contributed by atoms with Crippen LogP contribution in [0.2, 0.25) is 0 Å². The van der Waals surface area contributed by atoms with Crippen molar-refractivity contribution in [1.29, 1.82) is 0 Å². The molecule has 0 aliphatic carbocycles. The number of nitrogens with one attached hydrogen (secondary N) is 1. The lowest BCUT2D eigenvalue weighted by molar-refractivity contribution is 0.405. The van der Waals surface area contributed by atoms with Crippen molar-refractivity contribution in [3.8, 4) is 5.75 Å². The van der Waals surface area contributed by atoms with Gasteiger partial charge in [0, 0.05) is 13.1 Å². The Bertz CT molecular complexity index is 394. The van der Waals surface area contributed by atoms with Crippen molar-refractivity contribution in [3.05, 3.63) is 16.7 Å². The molecule has 0 saturated carbocycles. The van der Waals surface area contributed by atoms with Crippen LogP contribution in [0.3, 0.4) is 0 Å². The zero-order chi connectivity index (χ0) is 11.4. The standard InChI is InChI=1S/C11H17N3O2/c1-16-9-10(12-8-13-11(9)15)14-6-4-2-3-5-7-14/h8H,2-7H2,1H3,(H,12,13,15). The van der Waals surface area contributed by atoms with Crippen molar-refractivity contribution in [2.24, 2.45) is 0 Å². The van der Waals surface area contributed by atoms with Crippen molar-refractivity contribution in [1.82, 2.24) is 9.97 Å². The van der Waals surface area contributed by atoms with Crippen LogP contribution in [0.15, 0.2) is 11.1 Å². The smallest absolute Gasteiger partial charge is 0.295 e. The third-order valence-electron chi connectivity index (χ3n) is 2.90. The summed E-state index contributed by atoms with van der Waals surface area (Å²) >= 11 is 0. The predicted octanol–water partition coefficient (Wildman–Crippen LogP) is 1.16. The van der Waals surface area contributed by atoms with Gasteiger partial charge in [0.1, 0.15) is 0 Å². The molecule has 1 aliphatic rings. The molecule has 0 aromatic carbocycles. The van der Waals surface area contributed by atoms with E-state index in [9.17, 15) is 4.79 Å². The molecular formula is C11H17N3O2. The zero-order valence-electron chi connectivity index (χ0n) is 9.53. The fourth-order valence-electron chi connectivity index (χ4n) is 2.07. The van der Waals surface area contributed by atoms with Crippen LogP contribution in [0.1, 0.15) is 25.7 Å². The molecule has 1 aliphatic heterocycles. The molecule has 1 N–H and O–H groups in total. The van der Waals surface area contributed by atoms with Gasteiger partial charge in [0.05, 0.1) is 13.4 Å². The van der Waals surface area contributed by atoms with Gasteiger partial charge >= 0.3 is 0 Å². The normalized spacial score (nSPS) is 16.9. The number of aromatic amines is 1. The maximum Gasteiger partial charge on any atom is 0.295 e. The van der Waals surface area contributed by atoms with Crippen molar-refractivity contribution < 1.29 is 4.74 Å². The lowest BCUT2D eigenvalue weighted by Crippen LogP contribution is -2.27. The average Bonchev–Trinajstić information content (AvgIpc) is 2.57. The monoisotopic (exact) mass is 223 g/mol. The number of hydrogen-bond donors (Lipinski definition) is 1. The minimum Gasteiger partial charge on any atom is -0.489 e. The highest BCUT2D eigenvalue weighted by Gasteiger charge is 2.17. The van der Waals surface area contributed by atoms with Crippen LogP contribution in [-0.2, 0) is 0 Å². The topological polar surface area (TPSA) is 58.2 Å². The van der Waals surface area contributed by atoms with Gasteiger partial charge < -0.3 is 14.6 Å². The number of methoxy groups -OCH3 is 1.